The lowest BCUT2D eigenvalue weighted by molar-refractivity contribution is 0.0774. The van der Waals surface area contributed by atoms with Gasteiger partial charge in [-0.1, -0.05) is 49.2 Å². The van der Waals surface area contributed by atoms with E-state index < -0.39 is 0 Å². The van der Waals surface area contributed by atoms with Crippen LogP contribution in [-0.2, 0) is 6.54 Å². The SMILES string of the molecule is COc1cc2c(cc1OCCCCCCn1c3ccccc3c3ccccc31)N=C[C@@H]1CCCN1C2=O. The molecule has 1 saturated heterocycles. The van der Waals surface area contributed by atoms with Crippen molar-refractivity contribution in [3.8, 4) is 11.5 Å². The number of aliphatic imine (C=N–C) groups is 1. The first-order chi connectivity index (χ1) is 18.2. The van der Waals surface area contributed by atoms with Gasteiger partial charge in [0.15, 0.2) is 11.5 Å². The predicted molar refractivity (Wildman–Crippen MR) is 149 cm³/mol. The molecule has 4 aromatic rings. The van der Waals surface area contributed by atoms with Gasteiger partial charge in [-0.25, -0.2) is 0 Å². The summed E-state index contributed by atoms with van der Waals surface area (Å²) in [6.45, 7) is 2.40. The zero-order chi connectivity index (χ0) is 25.2. The molecule has 0 bridgehead atoms. The van der Waals surface area contributed by atoms with Gasteiger partial charge >= 0.3 is 0 Å². The Kier molecular flexibility index (Phi) is 6.56. The molecule has 0 saturated carbocycles. The van der Waals surface area contributed by atoms with Crippen LogP contribution in [0.1, 0.15) is 48.9 Å². The highest BCUT2D eigenvalue weighted by Gasteiger charge is 2.32. The van der Waals surface area contributed by atoms with Crippen LogP contribution in [0.4, 0.5) is 5.69 Å². The summed E-state index contributed by atoms with van der Waals surface area (Å²) in [7, 11) is 1.62. The van der Waals surface area contributed by atoms with Crippen LogP contribution in [0.3, 0.4) is 0 Å². The van der Waals surface area contributed by atoms with Crippen LogP contribution >= 0.6 is 0 Å². The van der Waals surface area contributed by atoms with Crippen molar-refractivity contribution >= 4 is 39.6 Å². The van der Waals surface area contributed by atoms with E-state index in [2.05, 4.69) is 58.1 Å². The van der Waals surface area contributed by atoms with Gasteiger partial charge in [-0.2, -0.15) is 0 Å². The van der Waals surface area contributed by atoms with Crippen molar-refractivity contribution in [1.29, 1.82) is 0 Å². The summed E-state index contributed by atoms with van der Waals surface area (Å²) in [4.78, 5) is 19.6. The fraction of sp³-hybridized carbons (Fsp3) is 0.355. The number of benzene rings is 3. The lowest BCUT2D eigenvalue weighted by Gasteiger charge is -2.20. The van der Waals surface area contributed by atoms with E-state index in [1.54, 1.807) is 13.2 Å². The second kappa shape index (κ2) is 10.3. The van der Waals surface area contributed by atoms with Crippen molar-refractivity contribution in [1.82, 2.24) is 9.47 Å². The van der Waals surface area contributed by atoms with Gasteiger partial charge in [0.25, 0.3) is 5.91 Å². The molecule has 3 heterocycles. The molecule has 1 fully saturated rings. The maximum absolute atomic E-state index is 13.0. The number of carbonyl (C=O) groups excluding carboxylic acids is 1. The van der Waals surface area contributed by atoms with E-state index in [-0.39, 0.29) is 11.9 Å². The summed E-state index contributed by atoms with van der Waals surface area (Å²) < 4.78 is 14.1. The van der Waals surface area contributed by atoms with Gasteiger partial charge in [0.1, 0.15) is 0 Å². The van der Waals surface area contributed by atoms with Crippen LogP contribution in [0.25, 0.3) is 21.8 Å². The van der Waals surface area contributed by atoms with E-state index in [0.29, 0.717) is 29.4 Å². The number of rotatable bonds is 9. The zero-order valence-electron chi connectivity index (χ0n) is 21.4. The molecule has 0 N–H and O–H groups in total. The molecule has 190 valence electrons. The van der Waals surface area contributed by atoms with E-state index in [4.69, 9.17) is 9.47 Å². The number of methoxy groups -OCH3 is 1. The van der Waals surface area contributed by atoms with Gasteiger partial charge in [-0.15, -0.1) is 0 Å². The monoisotopic (exact) mass is 495 g/mol. The number of amides is 1. The molecule has 1 aromatic heterocycles. The van der Waals surface area contributed by atoms with Crippen LogP contribution < -0.4 is 9.47 Å². The van der Waals surface area contributed by atoms with E-state index in [1.807, 2.05) is 17.2 Å². The Balaban J connectivity index is 1.04. The number of aryl methyl sites for hydroxylation is 1. The van der Waals surface area contributed by atoms with Gasteiger partial charge in [0, 0.05) is 47.2 Å². The standard InChI is InChI=1S/C31H33N3O3/c1-36-29-19-25-26(32-21-22-11-10-17-33(22)31(25)35)20-30(29)37-18-9-3-2-8-16-34-27-14-6-4-12-23(27)24-13-5-7-15-28(24)34/h4-7,12-15,19-22H,2-3,8-11,16-18H2,1H3/t22-/m0/s1. The molecule has 3 aromatic carbocycles. The molecule has 2 aliphatic rings. The maximum Gasteiger partial charge on any atom is 0.256 e. The van der Waals surface area contributed by atoms with Crippen molar-refractivity contribution < 1.29 is 14.3 Å². The highest BCUT2D eigenvalue weighted by molar-refractivity contribution is 6.08. The van der Waals surface area contributed by atoms with E-state index >= 15 is 0 Å². The first-order valence-corrected chi connectivity index (χ1v) is 13.4. The quantitative estimate of drug-likeness (QED) is 0.241. The largest absolute Gasteiger partial charge is 0.493 e. The molecule has 6 nitrogen and oxygen atoms in total. The number of aromatic nitrogens is 1. The zero-order valence-corrected chi connectivity index (χ0v) is 21.4. The number of fused-ring (bicyclic) bond motifs is 5. The lowest BCUT2D eigenvalue weighted by Crippen LogP contribution is -2.35. The van der Waals surface area contributed by atoms with Gasteiger partial charge < -0.3 is 18.9 Å². The summed E-state index contributed by atoms with van der Waals surface area (Å²) in [5.41, 5.74) is 3.88. The second-order valence-electron chi connectivity index (χ2n) is 9.96. The number of hydrogen-bond acceptors (Lipinski definition) is 4. The third kappa shape index (κ3) is 4.45. The fourth-order valence-electron chi connectivity index (χ4n) is 5.77. The average molecular weight is 496 g/mol. The molecular weight excluding hydrogens is 462 g/mol. The Hall–Kier alpha value is -3.80. The molecule has 0 radical (unpaired) electrons. The smallest absolute Gasteiger partial charge is 0.256 e. The Morgan fingerprint density at radius 2 is 1.65 bits per heavy atom. The average Bonchev–Trinajstić information content (AvgIpc) is 3.50. The van der Waals surface area contributed by atoms with E-state index in [0.717, 1.165) is 51.6 Å². The molecule has 6 heteroatoms. The normalized spacial score (nSPS) is 16.7. The molecule has 1 atom stereocenters. The predicted octanol–water partition coefficient (Wildman–Crippen LogP) is 6.76. The summed E-state index contributed by atoms with van der Waals surface area (Å²) >= 11 is 0. The van der Waals surface area contributed by atoms with Crippen LogP contribution in [0.15, 0.2) is 65.7 Å². The highest BCUT2D eigenvalue weighted by atomic mass is 16.5. The number of carbonyl (C=O) groups is 1. The Labute approximate surface area is 217 Å². The van der Waals surface area contributed by atoms with Gasteiger partial charge in [0.05, 0.1) is 31.0 Å². The minimum atomic E-state index is 0.0306. The van der Waals surface area contributed by atoms with E-state index in [1.165, 1.54) is 21.8 Å². The lowest BCUT2D eigenvalue weighted by atomic mass is 10.1. The minimum Gasteiger partial charge on any atom is -0.493 e. The highest BCUT2D eigenvalue weighted by Crippen LogP contribution is 2.38. The molecule has 1 amide bonds. The van der Waals surface area contributed by atoms with Gasteiger partial charge in [-0.3, -0.25) is 9.79 Å². The molecule has 2 aliphatic heterocycles. The number of hydrogen-bond donors (Lipinski definition) is 0. The Bertz CT molecular complexity index is 1420. The number of unbranched alkanes of at least 4 members (excludes halogenated alkanes) is 3. The molecule has 0 spiro atoms. The molecule has 0 unspecified atom stereocenters. The molecule has 0 aliphatic carbocycles. The Morgan fingerprint density at radius 3 is 2.41 bits per heavy atom. The van der Waals surface area contributed by atoms with Crippen LogP contribution in [-0.4, -0.2) is 47.9 Å². The van der Waals surface area contributed by atoms with Crippen molar-refractivity contribution in [2.45, 2.75) is 51.1 Å². The molecular formula is C31H33N3O3. The van der Waals surface area contributed by atoms with Crippen LogP contribution in [0.2, 0.25) is 0 Å². The summed E-state index contributed by atoms with van der Waals surface area (Å²) in [6, 6.07) is 21.1. The molecule has 37 heavy (non-hydrogen) atoms. The van der Waals surface area contributed by atoms with Crippen molar-refractivity contribution in [3.05, 3.63) is 66.2 Å². The second-order valence-corrected chi connectivity index (χ2v) is 9.96. The Morgan fingerprint density at radius 1 is 0.919 bits per heavy atom. The minimum absolute atomic E-state index is 0.0306. The van der Waals surface area contributed by atoms with Crippen LogP contribution in [0.5, 0.6) is 11.5 Å². The summed E-state index contributed by atoms with van der Waals surface area (Å²) in [5.74, 6) is 1.27. The topological polar surface area (TPSA) is 56.1 Å². The summed E-state index contributed by atoms with van der Waals surface area (Å²) in [6.07, 6.45) is 8.23. The van der Waals surface area contributed by atoms with Crippen molar-refractivity contribution in [2.75, 3.05) is 20.3 Å². The van der Waals surface area contributed by atoms with E-state index in [9.17, 15) is 4.79 Å². The van der Waals surface area contributed by atoms with Crippen LogP contribution in [0, 0.1) is 0 Å². The third-order valence-corrected chi connectivity index (χ3v) is 7.67. The first kappa shape index (κ1) is 23.6. The summed E-state index contributed by atoms with van der Waals surface area (Å²) in [5, 5.41) is 2.65. The first-order valence-electron chi connectivity index (χ1n) is 13.4. The third-order valence-electron chi connectivity index (χ3n) is 7.67. The number of nitrogens with zero attached hydrogens (tertiary/aromatic N) is 3. The fourth-order valence-corrected chi connectivity index (χ4v) is 5.77. The molecule has 6 rings (SSSR count). The maximum atomic E-state index is 13.0. The number of para-hydroxylation sites is 2. The van der Waals surface area contributed by atoms with Crippen molar-refractivity contribution in [2.24, 2.45) is 4.99 Å². The van der Waals surface area contributed by atoms with Gasteiger partial charge in [-0.05, 0) is 43.9 Å². The number of ether oxygens (including phenoxy) is 2. The van der Waals surface area contributed by atoms with Gasteiger partial charge in [0.2, 0.25) is 0 Å². The van der Waals surface area contributed by atoms with Crippen molar-refractivity contribution in [3.63, 3.8) is 0 Å².